The van der Waals surface area contributed by atoms with Crippen LogP contribution in [0.1, 0.15) is 27.0 Å². The Morgan fingerprint density at radius 3 is 2.37 bits per heavy atom. The van der Waals surface area contributed by atoms with E-state index in [1.807, 2.05) is 24.3 Å². The van der Waals surface area contributed by atoms with E-state index in [0.29, 0.717) is 39.2 Å². The number of hydrogen-bond donors (Lipinski definition) is 2. The smallest absolute Gasteiger partial charge is 0.336 e. The van der Waals surface area contributed by atoms with Crippen molar-refractivity contribution in [2.24, 2.45) is 0 Å². The fourth-order valence-corrected chi connectivity index (χ4v) is 3.60. The van der Waals surface area contributed by atoms with Gasteiger partial charge in [-0.25, -0.2) is 4.79 Å². The first-order valence-corrected chi connectivity index (χ1v) is 9.96. The molecule has 0 radical (unpaired) electrons. The van der Waals surface area contributed by atoms with Crippen LogP contribution in [-0.2, 0) is 13.2 Å². The highest BCUT2D eigenvalue weighted by molar-refractivity contribution is 6.35. The molecule has 7 heteroatoms. The zero-order chi connectivity index (χ0) is 21.7. The number of halogens is 2. The van der Waals surface area contributed by atoms with Gasteiger partial charge in [0.05, 0.1) is 12.7 Å². The summed E-state index contributed by atoms with van der Waals surface area (Å²) in [5, 5.41) is 13.7. The minimum absolute atomic E-state index is 0.180. The number of carboxylic acid groups (broad SMARTS) is 1. The number of carboxylic acids is 1. The molecule has 5 nitrogen and oxygen atoms in total. The van der Waals surface area contributed by atoms with Crippen LogP contribution in [0.5, 0.6) is 11.5 Å². The monoisotopic (exact) mass is 445 g/mol. The average molecular weight is 446 g/mol. The first-order valence-electron chi connectivity index (χ1n) is 9.20. The zero-order valence-corrected chi connectivity index (χ0v) is 18.1. The Kier molecular flexibility index (Phi) is 7.08. The summed E-state index contributed by atoms with van der Waals surface area (Å²) in [5.74, 6) is 0.183. The van der Waals surface area contributed by atoms with Crippen molar-refractivity contribution >= 4 is 34.9 Å². The van der Waals surface area contributed by atoms with E-state index < -0.39 is 5.97 Å². The summed E-state index contributed by atoms with van der Waals surface area (Å²) in [4.78, 5) is 11.4. The van der Waals surface area contributed by atoms with Gasteiger partial charge in [-0.05, 0) is 42.8 Å². The molecular weight excluding hydrogens is 425 g/mol. The summed E-state index contributed by atoms with van der Waals surface area (Å²) >= 11 is 12.5. The van der Waals surface area contributed by atoms with E-state index in [4.69, 9.17) is 32.7 Å². The zero-order valence-electron chi connectivity index (χ0n) is 16.5. The number of rotatable bonds is 8. The van der Waals surface area contributed by atoms with Crippen molar-refractivity contribution in [3.8, 4) is 11.5 Å². The summed E-state index contributed by atoms with van der Waals surface area (Å²) in [6, 6.07) is 16.0. The second-order valence-electron chi connectivity index (χ2n) is 6.57. The Balaban J connectivity index is 1.84. The van der Waals surface area contributed by atoms with E-state index in [2.05, 4.69) is 5.32 Å². The maximum atomic E-state index is 11.4. The van der Waals surface area contributed by atoms with Gasteiger partial charge in [0.1, 0.15) is 6.61 Å². The topological polar surface area (TPSA) is 67.8 Å². The Hall–Kier alpha value is -2.89. The van der Waals surface area contributed by atoms with Gasteiger partial charge in [0.15, 0.2) is 11.5 Å². The predicted octanol–water partition coefficient (Wildman–Crippen LogP) is 6.20. The lowest BCUT2D eigenvalue weighted by molar-refractivity contribution is 0.0696. The molecule has 0 aliphatic carbocycles. The maximum Gasteiger partial charge on any atom is 0.336 e. The van der Waals surface area contributed by atoms with Gasteiger partial charge in [0.25, 0.3) is 0 Å². The fourth-order valence-electron chi connectivity index (χ4n) is 3.09. The van der Waals surface area contributed by atoms with Crippen LogP contribution >= 0.6 is 23.2 Å². The molecule has 0 bridgehead atoms. The molecule has 0 saturated carbocycles. The van der Waals surface area contributed by atoms with Crippen LogP contribution in [0, 0.1) is 6.92 Å². The number of benzene rings is 3. The Labute approximate surface area is 185 Å². The average Bonchev–Trinajstić information content (AvgIpc) is 2.72. The largest absolute Gasteiger partial charge is 0.493 e. The molecule has 0 fully saturated rings. The van der Waals surface area contributed by atoms with Crippen molar-refractivity contribution in [3.63, 3.8) is 0 Å². The number of para-hydroxylation sites is 1. The van der Waals surface area contributed by atoms with E-state index in [9.17, 15) is 9.90 Å². The molecule has 0 saturated heterocycles. The molecule has 0 unspecified atom stereocenters. The van der Waals surface area contributed by atoms with Crippen molar-refractivity contribution in [3.05, 3.63) is 86.9 Å². The molecule has 2 N–H and O–H groups in total. The van der Waals surface area contributed by atoms with Crippen molar-refractivity contribution in [1.82, 2.24) is 0 Å². The summed E-state index contributed by atoms with van der Waals surface area (Å²) in [6.07, 6.45) is 0. The first kappa shape index (κ1) is 21.8. The molecule has 0 amide bonds. The number of nitrogens with one attached hydrogen (secondary N) is 1. The lowest BCUT2D eigenvalue weighted by atomic mass is 10.1. The van der Waals surface area contributed by atoms with Gasteiger partial charge in [0, 0.05) is 33.4 Å². The van der Waals surface area contributed by atoms with Gasteiger partial charge < -0.3 is 19.9 Å². The standard InChI is InChI=1S/C23H21Cl2NO4/c1-14-16(23(27)28)7-4-10-20(14)26-12-15-6-3-11-21(29-2)22(15)30-13-17-18(24)8-5-9-19(17)25/h3-11,26H,12-13H2,1-2H3,(H,27,28). The predicted molar refractivity (Wildman–Crippen MR) is 119 cm³/mol. The van der Waals surface area contributed by atoms with E-state index in [-0.39, 0.29) is 12.2 Å². The normalized spacial score (nSPS) is 10.5. The lowest BCUT2D eigenvalue weighted by Gasteiger charge is -2.18. The van der Waals surface area contributed by atoms with Crippen LogP contribution < -0.4 is 14.8 Å². The van der Waals surface area contributed by atoms with Gasteiger partial charge in [-0.3, -0.25) is 0 Å². The summed E-state index contributed by atoms with van der Waals surface area (Å²) in [5.41, 5.74) is 3.19. The summed E-state index contributed by atoms with van der Waals surface area (Å²) in [6.45, 7) is 2.36. The van der Waals surface area contributed by atoms with Gasteiger partial charge in [0.2, 0.25) is 0 Å². The van der Waals surface area contributed by atoms with Crippen molar-refractivity contribution in [2.45, 2.75) is 20.1 Å². The third-order valence-corrected chi connectivity index (χ3v) is 5.44. The molecule has 3 rings (SSSR count). The first-order chi connectivity index (χ1) is 14.4. The highest BCUT2D eigenvalue weighted by Crippen LogP contribution is 2.34. The van der Waals surface area contributed by atoms with Gasteiger partial charge in [-0.15, -0.1) is 0 Å². The fraction of sp³-hybridized carbons (Fsp3) is 0.174. The van der Waals surface area contributed by atoms with E-state index in [1.165, 1.54) is 0 Å². The minimum atomic E-state index is -0.960. The second-order valence-corrected chi connectivity index (χ2v) is 7.39. The van der Waals surface area contributed by atoms with E-state index >= 15 is 0 Å². The summed E-state index contributed by atoms with van der Waals surface area (Å²) in [7, 11) is 1.57. The number of aromatic carboxylic acids is 1. The van der Waals surface area contributed by atoms with Crippen LogP contribution in [-0.4, -0.2) is 18.2 Å². The van der Waals surface area contributed by atoms with Crippen molar-refractivity contribution in [1.29, 1.82) is 0 Å². The molecule has 0 heterocycles. The van der Waals surface area contributed by atoms with Crippen LogP contribution in [0.3, 0.4) is 0 Å². The molecule has 156 valence electrons. The van der Waals surface area contributed by atoms with Crippen LogP contribution in [0.15, 0.2) is 54.6 Å². The quantitative estimate of drug-likeness (QED) is 0.431. The molecule has 0 atom stereocenters. The molecule has 0 aliphatic heterocycles. The Morgan fingerprint density at radius 1 is 1.03 bits per heavy atom. The van der Waals surface area contributed by atoms with Crippen molar-refractivity contribution in [2.75, 3.05) is 12.4 Å². The summed E-state index contributed by atoms with van der Waals surface area (Å²) < 4.78 is 11.5. The molecule has 0 aromatic heterocycles. The molecule has 0 spiro atoms. The molecule has 0 aliphatic rings. The van der Waals surface area contributed by atoms with E-state index in [0.717, 1.165) is 11.3 Å². The SMILES string of the molecule is COc1cccc(CNc2cccc(C(=O)O)c2C)c1OCc1c(Cl)cccc1Cl. The second kappa shape index (κ2) is 9.74. The highest BCUT2D eigenvalue weighted by Gasteiger charge is 2.15. The molecule has 3 aromatic rings. The third-order valence-electron chi connectivity index (χ3n) is 4.74. The maximum absolute atomic E-state index is 11.4. The third kappa shape index (κ3) is 4.81. The van der Waals surface area contributed by atoms with Crippen molar-refractivity contribution < 1.29 is 19.4 Å². The van der Waals surface area contributed by atoms with Crippen LogP contribution in [0.4, 0.5) is 5.69 Å². The van der Waals surface area contributed by atoms with Crippen LogP contribution in [0.2, 0.25) is 10.0 Å². The minimum Gasteiger partial charge on any atom is -0.493 e. The van der Waals surface area contributed by atoms with E-state index in [1.54, 1.807) is 44.4 Å². The van der Waals surface area contributed by atoms with Gasteiger partial charge in [-0.1, -0.05) is 47.5 Å². The van der Waals surface area contributed by atoms with Crippen LogP contribution in [0.25, 0.3) is 0 Å². The Morgan fingerprint density at radius 2 is 1.70 bits per heavy atom. The lowest BCUT2D eigenvalue weighted by Crippen LogP contribution is -2.08. The number of methoxy groups -OCH3 is 1. The highest BCUT2D eigenvalue weighted by atomic mass is 35.5. The molecular formula is C23H21Cl2NO4. The van der Waals surface area contributed by atoms with Gasteiger partial charge in [-0.2, -0.15) is 0 Å². The number of anilines is 1. The number of carbonyl (C=O) groups is 1. The number of hydrogen-bond acceptors (Lipinski definition) is 4. The molecule has 3 aromatic carbocycles. The Bertz CT molecular complexity index is 1050. The van der Waals surface area contributed by atoms with Gasteiger partial charge >= 0.3 is 5.97 Å². The number of ether oxygens (including phenoxy) is 2. The molecule has 30 heavy (non-hydrogen) atoms.